The van der Waals surface area contributed by atoms with Gasteiger partial charge in [0.1, 0.15) is 29.0 Å². The quantitative estimate of drug-likeness (QED) is 0.0119. The predicted octanol–water partition coefficient (Wildman–Crippen LogP) is 14.7. The molecule has 3 fully saturated rings. The summed E-state index contributed by atoms with van der Waals surface area (Å²) >= 11 is 6.38. The number of rotatable bonds is 21. The van der Waals surface area contributed by atoms with Crippen molar-refractivity contribution in [2.45, 2.75) is 192 Å². The third-order valence-electron chi connectivity index (χ3n) is 15.9. The Bertz CT molecular complexity index is 2650. The molecule has 0 aliphatic carbocycles. The van der Waals surface area contributed by atoms with Crippen molar-refractivity contribution >= 4 is 76.2 Å². The summed E-state index contributed by atoms with van der Waals surface area (Å²) in [6, 6.07) is 31.3. The molecule has 88 heavy (non-hydrogen) atoms. The maximum Gasteiger partial charge on any atom is 0.325 e. The van der Waals surface area contributed by atoms with Gasteiger partial charge in [0.2, 0.25) is 11.8 Å². The molecule has 14 nitrogen and oxygen atoms in total. The van der Waals surface area contributed by atoms with Crippen molar-refractivity contribution < 1.29 is 68.1 Å². The molecule has 0 saturated carbocycles. The Morgan fingerprint density at radius 3 is 1.72 bits per heavy atom. The average molecular weight is 1380 g/mol. The van der Waals surface area contributed by atoms with Gasteiger partial charge < -0.3 is 41.4 Å². The summed E-state index contributed by atoms with van der Waals surface area (Å²) in [5.41, 5.74) is 2.86. The van der Waals surface area contributed by atoms with E-state index in [1.165, 1.54) is 24.8 Å². The van der Waals surface area contributed by atoms with E-state index in [1.54, 1.807) is 49.9 Å². The van der Waals surface area contributed by atoms with E-state index in [4.69, 9.17) is 18.9 Å². The number of amides is 5. The molecular formula is C69H105ClN4O10PPdSSi-. The molecule has 3 aliphatic heterocycles. The second-order valence-electron chi connectivity index (χ2n) is 24.4. The molecule has 4 aromatic carbocycles. The molecule has 3 saturated heterocycles. The molecule has 5 amide bonds. The van der Waals surface area contributed by atoms with Crippen molar-refractivity contribution in [3.8, 4) is 11.5 Å². The molecule has 494 valence electrons. The zero-order chi connectivity index (χ0) is 65.7. The van der Waals surface area contributed by atoms with Crippen molar-refractivity contribution in [1.29, 1.82) is 0 Å². The molecular weight excluding hydrogens is 1280 g/mol. The topological polar surface area (TPSA) is 170 Å². The third-order valence-corrected chi connectivity index (χ3v) is 21.9. The van der Waals surface area contributed by atoms with E-state index < -0.39 is 31.8 Å². The number of urea groups is 1. The number of unbranched alkanes of at least 4 members (excludes halogenated alkanes) is 1. The SMILES string of the molecule is CC(C)(C)[Si](C)(C)C.CCC.CCl.CNC(=O)CCC(=O)O[C@@H]1C[C@@H](COC(c2ccccc2)(c2ccc(OC)cc2)c2ccc(OC)cc2)N(C(=O)CCC(=O)CCCC[C@@H]2SC[C@H]3[C@@H]2NC(=O)N3C(=O)c2ccc(C(C)(C)C)cc2)C1.CP.[CH2-]C.[Pd]. The van der Waals surface area contributed by atoms with Crippen LogP contribution in [0.3, 0.4) is 0 Å². The van der Waals surface area contributed by atoms with Gasteiger partial charge in [-0.05, 0) is 81.9 Å². The number of methoxy groups -OCH3 is 2. The number of carbonyl (C=O) groups is 6. The number of hydrogen-bond donors (Lipinski definition) is 2. The molecule has 19 heteroatoms. The molecule has 4 aromatic rings. The van der Waals surface area contributed by atoms with Crippen molar-refractivity contribution in [3.05, 3.63) is 138 Å². The number of carbonyl (C=O) groups excluding carboxylic acids is 6. The standard InChI is InChI=1S/C55H66N4O10S.C7H18Si.C3H8.C2H5.CH3Cl.CH5P.Pd/c1-54(2,3)37-18-16-36(17-19-37)52(64)59-46-35-70-47(51(46)57-53(59)65)15-11-10-14-42(60)24-30-49(62)58-33-45(69-50(63)31-29-48(61)56-4)32-41(58)34-68-55(38-12-8-7-9-13-38,39-20-25-43(66-5)26-21-39)40-22-27-44(67-6)28-23-40;1-7(2,3)8(4,5)6;1-3-2;3*1-2;/h7-9,12-13,16-23,25-28,41,45-47,51H,10-11,14-15,24,29-35H2,1-6H3,(H,56,61)(H,57,65);1-6H3;3H2,1-2H3;1H2,2H3;1H3;2H2,1H3;/q;;;-1;;;/t41-,45+,46-,47-,51-;;;;;;/m0....../s1. The van der Waals surface area contributed by atoms with Gasteiger partial charge in [0.05, 0.1) is 51.9 Å². The zero-order valence-corrected chi connectivity index (χ0v) is 61.0. The van der Waals surface area contributed by atoms with Crippen LogP contribution in [0.4, 0.5) is 4.79 Å². The van der Waals surface area contributed by atoms with Crippen LogP contribution >= 0.6 is 32.6 Å². The normalized spacial score (nSPS) is 17.5. The van der Waals surface area contributed by atoms with E-state index in [2.05, 4.69) is 113 Å². The second kappa shape index (κ2) is 40.3. The summed E-state index contributed by atoms with van der Waals surface area (Å²) in [4.78, 5) is 82.1. The number of imide groups is 1. The monoisotopic (exact) mass is 1380 g/mol. The number of benzene rings is 4. The van der Waals surface area contributed by atoms with Crippen molar-refractivity contribution in [1.82, 2.24) is 20.4 Å². The largest absolute Gasteiger partial charge is 0.497 e. The number of esters is 1. The Balaban J connectivity index is 0.00000192. The summed E-state index contributed by atoms with van der Waals surface area (Å²) in [7, 11) is 6.28. The number of thioether (sulfide) groups is 1. The van der Waals surface area contributed by atoms with Gasteiger partial charge in [-0.1, -0.05) is 161 Å². The molecule has 7 rings (SSSR count). The number of ether oxygens (including phenoxy) is 4. The Kier molecular flexibility index (Phi) is 37.3. The number of alkyl halides is 1. The summed E-state index contributed by atoms with van der Waals surface area (Å²) in [6.07, 6.45) is 4.73. The van der Waals surface area contributed by atoms with Crippen LogP contribution in [0.5, 0.6) is 11.5 Å². The molecule has 0 spiro atoms. The first kappa shape index (κ1) is 81.4. The Morgan fingerprint density at radius 2 is 1.24 bits per heavy atom. The molecule has 3 aliphatic rings. The minimum Gasteiger partial charge on any atom is -0.497 e. The van der Waals surface area contributed by atoms with E-state index in [-0.39, 0.29) is 112 Å². The van der Waals surface area contributed by atoms with Crippen molar-refractivity contribution in [3.63, 3.8) is 0 Å². The van der Waals surface area contributed by atoms with Gasteiger partial charge in [0.25, 0.3) is 5.91 Å². The van der Waals surface area contributed by atoms with Crippen LogP contribution in [0.15, 0.2) is 103 Å². The molecule has 1 unspecified atom stereocenters. The third kappa shape index (κ3) is 23.9. The van der Waals surface area contributed by atoms with Gasteiger partial charge in [0.15, 0.2) is 0 Å². The van der Waals surface area contributed by atoms with Gasteiger partial charge in [-0.25, -0.2) is 4.79 Å². The fourth-order valence-corrected chi connectivity index (χ4v) is 11.3. The maximum absolute atomic E-state index is 14.2. The van der Waals surface area contributed by atoms with Crippen LogP contribution in [-0.4, -0.2) is 136 Å². The van der Waals surface area contributed by atoms with Gasteiger partial charge >= 0.3 is 12.0 Å². The number of likely N-dealkylation sites (tertiary alicyclic amines) is 1. The number of nitrogens with zero attached hydrogens (tertiary/aromatic N) is 2. The summed E-state index contributed by atoms with van der Waals surface area (Å²) in [5.74, 6) is 0.604. The number of hydrogen-bond acceptors (Lipinski definition) is 11. The second-order valence-corrected chi connectivity index (χ2v) is 31.7. The predicted molar refractivity (Wildman–Crippen MR) is 365 cm³/mol. The number of halogens is 1. The van der Waals surface area contributed by atoms with E-state index in [9.17, 15) is 28.8 Å². The summed E-state index contributed by atoms with van der Waals surface area (Å²) in [5, 5.41) is 6.27. The fraction of sp³-hybridized carbons (Fsp3) is 0.551. The summed E-state index contributed by atoms with van der Waals surface area (Å²) < 4.78 is 24.1. The van der Waals surface area contributed by atoms with E-state index in [1.807, 2.05) is 97.7 Å². The van der Waals surface area contributed by atoms with Crippen LogP contribution in [0.1, 0.15) is 159 Å². The smallest absolute Gasteiger partial charge is 0.325 e. The summed E-state index contributed by atoms with van der Waals surface area (Å²) in [6.45, 7) is 31.9. The van der Waals surface area contributed by atoms with Crippen LogP contribution < -0.4 is 20.1 Å². The van der Waals surface area contributed by atoms with Gasteiger partial charge in [-0.2, -0.15) is 18.7 Å². The number of fused-ring (bicyclic) bond motifs is 1. The number of ketones is 1. The molecule has 6 atom stereocenters. The van der Waals surface area contributed by atoms with E-state index in [0.29, 0.717) is 47.1 Å². The first-order chi connectivity index (χ1) is 41.3. The Labute approximate surface area is 555 Å². The Morgan fingerprint density at radius 1 is 0.739 bits per heavy atom. The van der Waals surface area contributed by atoms with Crippen LogP contribution in [0, 0.1) is 6.92 Å². The first-order valence-corrected chi connectivity index (χ1v) is 37.0. The maximum atomic E-state index is 14.2. The molecule has 0 radical (unpaired) electrons. The molecule has 2 N–H and O–H groups in total. The van der Waals surface area contributed by atoms with Crippen LogP contribution in [0.2, 0.25) is 24.7 Å². The van der Waals surface area contributed by atoms with Gasteiger partial charge in [-0.15, -0.1) is 20.8 Å². The van der Waals surface area contributed by atoms with E-state index in [0.717, 1.165) is 35.1 Å². The van der Waals surface area contributed by atoms with Crippen molar-refractivity contribution in [2.24, 2.45) is 0 Å². The van der Waals surface area contributed by atoms with Gasteiger partial charge in [-0.3, -0.25) is 28.9 Å². The zero-order valence-electron chi connectivity index (χ0n) is 55.8. The van der Waals surface area contributed by atoms with Crippen LogP contribution in [0.25, 0.3) is 0 Å². The van der Waals surface area contributed by atoms with Gasteiger partial charge in [0, 0.05) is 90.6 Å². The minimum absolute atomic E-state index is 0. The average Bonchev–Trinajstić information content (AvgIpc) is 3.15. The first-order valence-electron chi connectivity index (χ1n) is 30.5. The molecule has 0 aromatic heterocycles. The fourth-order valence-electron chi connectivity index (χ4n) is 9.71. The minimum atomic E-state index is -1.16. The number of nitrogens with one attached hydrogen (secondary N) is 2. The number of Topliss-reactive ketones (excluding diaryl/α,β-unsaturated/α-hetero) is 1. The van der Waals surface area contributed by atoms with E-state index >= 15 is 0 Å². The Hall–Kier alpha value is -4.59. The molecule has 3 heterocycles. The van der Waals surface area contributed by atoms with Crippen LogP contribution in [-0.2, 0) is 60.1 Å². The molecule has 0 bridgehead atoms. The van der Waals surface area contributed by atoms with Crippen molar-refractivity contribution in [2.75, 3.05) is 53.2 Å².